The molecule has 0 unspecified atom stereocenters. The van der Waals surface area contributed by atoms with Crippen molar-refractivity contribution in [3.8, 4) is 0 Å². The SMILES string of the molecule is C=C/C(=C\C)c1ccc(F)cc1C. The van der Waals surface area contributed by atoms with Gasteiger partial charge < -0.3 is 0 Å². The zero-order valence-corrected chi connectivity index (χ0v) is 7.97. The first-order valence-electron chi connectivity index (χ1n) is 4.24. The first-order valence-corrected chi connectivity index (χ1v) is 4.24. The zero-order valence-electron chi connectivity index (χ0n) is 7.97. The van der Waals surface area contributed by atoms with Gasteiger partial charge in [0.25, 0.3) is 0 Å². The van der Waals surface area contributed by atoms with E-state index in [1.165, 1.54) is 12.1 Å². The van der Waals surface area contributed by atoms with Gasteiger partial charge in [-0.25, -0.2) is 4.39 Å². The Bertz CT molecular complexity index is 348. The normalized spacial score (nSPS) is 11.5. The first kappa shape index (κ1) is 9.72. The van der Waals surface area contributed by atoms with Crippen LogP contribution in [0.1, 0.15) is 18.1 Å². The second kappa shape index (κ2) is 4.04. The molecule has 0 heterocycles. The molecule has 1 heteroatoms. The van der Waals surface area contributed by atoms with Crippen molar-refractivity contribution in [2.45, 2.75) is 13.8 Å². The average molecular weight is 176 g/mol. The van der Waals surface area contributed by atoms with E-state index in [-0.39, 0.29) is 5.82 Å². The highest BCUT2D eigenvalue weighted by Crippen LogP contribution is 2.20. The summed E-state index contributed by atoms with van der Waals surface area (Å²) in [5, 5.41) is 0. The summed E-state index contributed by atoms with van der Waals surface area (Å²) < 4.78 is 12.8. The van der Waals surface area contributed by atoms with Gasteiger partial charge in [0, 0.05) is 0 Å². The minimum absolute atomic E-state index is 0.194. The van der Waals surface area contributed by atoms with Gasteiger partial charge in [0.2, 0.25) is 0 Å². The van der Waals surface area contributed by atoms with E-state index in [4.69, 9.17) is 0 Å². The molecule has 1 aromatic rings. The van der Waals surface area contributed by atoms with Gasteiger partial charge in [-0.2, -0.15) is 0 Å². The molecule has 0 bridgehead atoms. The van der Waals surface area contributed by atoms with Crippen molar-refractivity contribution in [1.29, 1.82) is 0 Å². The largest absolute Gasteiger partial charge is 0.207 e. The third-order valence-electron chi connectivity index (χ3n) is 2.03. The molecule has 0 saturated carbocycles. The summed E-state index contributed by atoms with van der Waals surface area (Å²) in [6, 6.07) is 4.78. The lowest BCUT2D eigenvalue weighted by atomic mass is 10.0. The van der Waals surface area contributed by atoms with E-state index in [1.807, 2.05) is 19.9 Å². The van der Waals surface area contributed by atoms with Gasteiger partial charge in [0.15, 0.2) is 0 Å². The van der Waals surface area contributed by atoms with Crippen molar-refractivity contribution in [2.75, 3.05) is 0 Å². The number of allylic oxidation sites excluding steroid dienone is 3. The van der Waals surface area contributed by atoms with Crippen LogP contribution >= 0.6 is 0 Å². The van der Waals surface area contributed by atoms with Gasteiger partial charge in [-0.3, -0.25) is 0 Å². The third-order valence-corrected chi connectivity index (χ3v) is 2.03. The maximum Gasteiger partial charge on any atom is 0.123 e. The number of hydrogen-bond donors (Lipinski definition) is 0. The number of halogens is 1. The second-order valence-corrected chi connectivity index (χ2v) is 2.91. The lowest BCUT2D eigenvalue weighted by molar-refractivity contribution is 0.626. The van der Waals surface area contributed by atoms with Gasteiger partial charge >= 0.3 is 0 Å². The van der Waals surface area contributed by atoms with Crippen LogP contribution in [0.15, 0.2) is 36.9 Å². The van der Waals surface area contributed by atoms with Crippen molar-refractivity contribution in [3.63, 3.8) is 0 Å². The molecular weight excluding hydrogens is 163 g/mol. The molecule has 0 aliphatic carbocycles. The van der Waals surface area contributed by atoms with E-state index in [9.17, 15) is 4.39 Å². The Hall–Kier alpha value is -1.37. The number of aryl methyl sites for hydroxylation is 1. The Labute approximate surface area is 78.4 Å². The highest BCUT2D eigenvalue weighted by molar-refractivity contribution is 5.75. The van der Waals surface area contributed by atoms with Crippen LogP contribution in [-0.2, 0) is 0 Å². The third kappa shape index (κ3) is 2.05. The molecule has 1 rings (SSSR count). The van der Waals surface area contributed by atoms with Crippen LogP contribution in [-0.4, -0.2) is 0 Å². The molecule has 0 atom stereocenters. The quantitative estimate of drug-likeness (QED) is 0.602. The van der Waals surface area contributed by atoms with Crippen molar-refractivity contribution in [3.05, 3.63) is 53.9 Å². The van der Waals surface area contributed by atoms with Crippen molar-refractivity contribution in [1.82, 2.24) is 0 Å². The van der Waals surface area contributed by atoms with E-state index in [0.29, 0.717) is 0 Å². The number of benzene rings is 1. The Morgan fingerprint density at radius 1 is 1.46 bits per heavy atom. The smallest absolute Gasteiger partial charge is 0.123 e. The maximum absolute atomic E-state index is 12.8. The molecule has 0 saturated heterocycles. The molecular formula is C12H13F. The zero-order chi connectivity index (χ0) is 9.84. The lowest BCUT2D eigenvalue weighted by Gasteiger charge is -2.05. The monoisotopic (exact) mass is 176 g/mol. The van der Waals surface area contributed by atoms with E-state index in [2.05, 4.69) is 6.58 Å². The van der Waals surface area contributed by atoms with Gasteiger partial charge in [0.1, 0.15) is 5.82 Å². The minimum Gasteiger partial charge on any atom is -0.207 e. The van der Waals surface area contributed by atoms with Gasteiger partial charge in [-0.15, -0.1) is 0 Å². The fourth-order valence-electron chi connectivity index (χ4n) is 1.33. The lowest BCUT2D eigenvalue weighted by Crippen LogP contribution is -1.87. The van der Waals surface area contributed by atoms with Crippen molar-refractivity contribution in [2.24, 2.45) is 0 Å². The number of rotatable bonds is 2. The Morgan fingerprint density at radius 2 is 2.15 bits per heavy atom. The van der Waals surface area contributed by atoms with Crippen LogP contribution in [0.4, 0.5) is 4.39 Å². The maximum atomic E-state index is 12.8. The van der Waals surface area contributed by atoms with Crippen LogP contribution in [0.5, 0.6) is 0 Å². The van der Waals surface area contributed by atoms with Crippen LogP contribution in [0.25, 0.3) is 5.57 Å². The van der Waals surface area contributed by atoms with Gasteiger partial charge in [0.05, 0.1) is 0 Å². The van der Waals surface area contributed by atoms with E-state index < -0.39 is 0 Å². The van der Waals surface area contributed by atoms with Crippen LogP contribution in [0.2, 0.25) is 0 Å². The van der Waals surface area contributed by atoms with E-state index in [0.717, 1.165) is 16.7 Å². The molecule has 0 aliphatic rings. The first-order chi connectivity index (χ1) is 6.19. The molecule has 68 valence electrons. The second-order valence-electron chi connectivity index (χ2n) is 2.91. The van der Waals surface area contributed by atoms with Crippen molar-refractivity contribution >= 4 is 5.57 Å². The highest BCUT2D eigenvalue weighted by atomic mass is 19.1. The topological polar surface area (TPSA) is 0 Å². The summed E-state index contributed by atoms with van der Waals surface area (Å²) in [5.41, 5.74) is 3.02. The van der Waals surface area contributed by atoms with Crippen LogP contribution in [0.3, 0.4) is 0 Å². The predicted octanol–water partition coefficient (Wildman–Crippen LogP) is 3.72. The molecule has 0 fully saturated rings. The molecule has 0 amide bonds. The molecule has 1 aromatic carbocycles. The minimum atomic E-state index is -0.194. The number of hydrogen-bond acceptors (Lipinski definition) is 0. The summed E-state index contributed by atoms with van der Waals surface area (Å²) >= 11 is 0. The molecule has 0 aromatic heterocycles. The van der Waals surface area contributed by atoms with Crippen molar-refractivity contribution < 1.29 is 4.39 Å². The Balaban J connectivity index is 3.22. The van der Waals surface area contributed by atoms with E-state index >= 15 is 0 Å². The standard InChI is InChI=1S/C12H13F/c1-4-10(5-2)12-7-6-11(13)8-9(12)3/h4-8H,1H2,2-3H3/b10-5+. The average Bonchev–Trinajstić information content (AvgIpc) is 2.10. The molecule has 13 heavy (non-hydrogen) atoms. The summed E-state index contributed by atoms with van der Waals surface area (Å²) in [5.74, 6) is -0.194. The molecule has 0 N–H and O–H groups in total. The molecule has 0 radical (unpaired) electrons. The molecule has 0 nitrogen and oxygen atoms in total. The highest BCUT2D eigenvalue weighted by Gasteiger charge is 2.01. The summed E-state index contributed by atoms with van der Waals surface area (Å²) in [6.45, 7) is 7.55. The van der Waals surface area contributed by atoms with E-state index in [1.54, 1.807) is 12.1 Å². The molecule has 0 spiro atoms. The molecule has 0 aliphatic heterocycles. The van der Waals surface area contributed by atoms with Crippen LogP contribution < -0.4 is 0 Å². The Kier molecular flexibility index (Phi) is 3.02. The summed E-state index contributed by atoms with van der Waals surface area (Å²) in [7, 11) is 0. The van der Waals surface area contributed by atoms with Gasteiger partial charge in [-0.05, 0) is 42.7 Å². The van der Waals surface area contributed by atoms with Gasteiger partial charge in [-0.1, -0.05) is 24.8 Å². The summed E-state index contributed by atoms with van der Waals surface area (Å²) in [4.78, 5) is 0. The predicted molar refractivity (Wildman–Crippen MR) is 55.0 cm³/mol. The Morgan fingerprint density at radius 3 is 2.62 bits per heavy atom. The fraction of sp³-hybridized carbons (Fsp3) is 0.167. The summed E-state index contributed by atoms with van der Waals surface area (Å²) in [6.07, 6.45) is 3.74. The fourth-order valence-corrected chi connectivity index (χ4v) is 1.33. The van der Waals surface area contributed by atoms with Crippen LogP contribution in [0, 0.1) is 12.7 Å².